The molecule has 0 N–H and O–H groups in total. The van der Waals surface area contributed by atoms with Gasteiger partial charge in [0.2, 0.25) is 4.73 Å². The van der Waals surface area contributed by atoms with Gasteiger partial charge in [0.05, 0.1) is 7.11 Å². The Labute approximate surface area is 91.7 Å². The first kappa shape index (κ1) is 9.11. The standard InChI is InChI=1S/C7H5BrN2OS2/c1-11-4-2-3-12-5(4)6-9-7(8)10-13-6/h2-3H,1H3. The van der Waals surface area contributed by atoms with E-state index in [-0.39, 0.29) is 0 Å². The zero-order valence-corrected chi connectivity index (χ0v) is 9.87. The maximum Gasteiger partial charge on any atom is 0.209 e. The summed E-state index contributed by atoms with van der Waals surface area (Å²) in [7, 11) is 1.65. The molecule has 0 unspecified atom stereocenters. The number of hydrogen-bond acceptors (Lipinski definition) is 5. The van der Waals surface area contributed by atoms with Gasteiger partial charge in [-0.25, -0.2) is 4.98 Å². The van der Waals surface area contributed by atoms with E-state index in [0.717, 1.165) is 15.6 Å². The second-order valence-corrected chi connectivity index (χ2v) is 4.56. The first-order chi connectivity index (χ1) is 6.31. The molecule has 0 radical (unpaired) electrons. The fourth-order valence-corrected chi connectivity index (χ4v) is 2.94. The highest BCUT2D eigenvalue weighted by atomic mass is 79.9. The van der Waals surface area contributed by atoms with Crippen molar-refractivity contribution in [2.45, 2.75) is 0 Å². The molecule has 68 valence electrons. The summed E-state index contributed by atoms with van der Waals surface area (Å²) >= 11 is 6.18. The van der Waals surface area contributed by atoms with E-state index >= 15 is 0 Å². The topological polar surface area (TPSA) is 35.0 Å². The van der Waals surface area contributed by atoms with Crippen LogP contribution in [0.4, 0.5) is 0 Å². The molecular weight excluding hydrogens is 272 g/mol. The van der Waals surface area contributed by atoms with E-state index in [1.54, 1.807) is 18.4 Å². The third-order valence-corrected chi connectivity index (χ3v) is 3.80. The third-order valence-electron chi connectivity index (χ3n) is 1.44. The van der Waals surface area contributed by atoms with Gasteiger partial charge in [-0.2, -0.15) is 4.37 Å². The van der Waals surface area contributed by atoms with Crippen LogP contribution in [0.5, 0.6) is 5.75 Å². The minimum absolute atomic E-state index is 0.628. The van der Waals surface area contributed by atoms with E-state index < -0.39 is 0 Å². The smallest absolute Gasteiger partial charge is 0.209 e. The highest BCUT2D eigenvalue weighted by Gasteiger charge is 2.11. The van der Waals surface area contributed by atoms with Gasteiger partial charge in [0, 0.05) is 0 Å². The van der Waals surface area contributed by atoms with Gasteiger partial charge < -0.3 is 4.74 Å². The quantitative estimate of drug-likeness (QED) is 0.846. The lowest BCUT2D eigenvalue weighted by molar-refractivity contribution is 0.418. The molecule has 0 aliphatic heterocycles. The highest BCUT2D eigenvalue weighted by molar-refractivity contribution is 9.10. The Morgan fingerprint density at radius 3 is 3.00 bits per heavy atom. The summed E-state index contributed by atoms with van der Waals surface area (Å²) in [6.45, 7) is 0. The molecule has 0 aliphatic rings. The largest absolute Gasteiger partial charge is 0.495 e. The Bertz CT molecular complexity index is 412. The fraction of sp³-hybridized carbons (Fsp3) is 0.143. The number of ether oxygens (including phenoxy) is 1. The molecule has 0 bridgehead atoms. The van der Waals surface area contributed by atoms with Gasteiger partial charge in [-0.1, -0.05) is 0 Å². The van der Waals surface area contributed by atoms with Gasteiger partial charge in [-0.05, 0) is 38.9 Å². The summed E-state index contributed by atoms with van der Waals surface area (Å²) in [4.78, 5) is 5.25. The number of hydrogen-bond donors (Lipinski definition) is 0. The molecule has 0 fully saturated rings. The minimum atomic E-state index is 0.628. The van der Waals surface area contributed by atoms with Crippen molar-refractivity contribution in [3.05, 3.63) is 16.2 Å². The lowest BCUT2D eigenvalue weighted by Gasteiger charge is -1.96. The van der Waals surface area contributed by atoms with Gasteiger partial charge in [0.15, 0.2) is 5.01 Å². The maximum absolute atomic E-state index is 5.18. The molecule has 0 saturated heterocycles. The van der Waals surface area contributed by atoms with Crippen LogP contribution in [0.2, 0.25) is 0 Å². The predicted octanol–water partition coefficient (Wildman–Crippen LogP) is 3.04. The first-order valence-corrected chi connectivity index (χ1v) is 5.87. The first-order valence-electron chi connectivity index (χ1n) is 3.42. The summed E-state index contributed by atoms with van der Waals surface area (Å²) < 4.78 is 9.86. The molecule has 2 aromatic rings. The zero-order valence-electron chi connectivity index (χ0n) is 6.65. The van der Waals surface area contributed by atoms with E-state index in [4.69, 9.17) is 4.74 Å². The predicted molar refractivity (Wildman–Crippen MR) is 57.5 cm³/mol. The average Bonchev–Trinajstić information content (AvgIpc) is 2.71. The Hall–Kier alpha value is -0.460. The number of thiophene rings is 1. The van der Waals surface area contributed by atoms with E-state index in [9.17, 15) is 0 Å². The molecule has 6 heteroatoms. The second-order valence-electron chi connectivity index (χ2n) is 2.19. The van der Waals surface area contributed by atoms with Crippen LogP contribution in [0.3, 0.4) is 0 Å². The Balaban J connectivity index is 2.45. The van der Waals surface area contributed by atoms with Crippen molar-refractivity contribution < 1.29 is 4.74 Å². The van der Waals surface area contributed by atoms with Crippen molar-refractivity contribution in [2.75, 3.05) is 7.11 Å². The van der Waals surface area contributed by atoms with Crippen molar-refractivity contribution in [3.63, 3.8) is 0 Å². The van der Waals surface area contributed by atoms with Crippen molar-refractivity contribution in [1.82, 2.24) is 9.36 Å². The highest BCUT2D eigenvalue weighted by Crippen LogP contribution is 2.36. The van der Waals surface area contributed by atoms with Crippen LogP contribution < -0.4 is 4.74 Å². The molecule has 13 heavy (non-hydrogen) atoms. The SMILES string of the molecule is COc1ccsc1-c1nc(Br)ns1. The average molecular weight is 277 g/mol. The van der Waals surface area contributed by atoms with Crippen LogP contribution in [0.25, 0.3) is 9.88 Å². The summed E-state index contributed by atoms with van der Waals surface area (Å²) in [6.07, 6.45) is 0. The van der Waals surface area contributed by atoms with Crippen LogP contribution in [0, 0.1) is 0 Å². The molecule has 0 saturated carbocycles. The normalized spacial score (nSPS) is 10.3. The molecule has 3 nitrogen and oxygen atoms in total. The Morgan fingerprint density at radius 1 is 1.54 bits per heavy atom. The molecule has 0 aromatic carbocycles. The number of aromatic nitrogens is 2. The van der Waals surface area contributed by atoms with Gasteiger partial charge in [0.25, 0.3) is 0 Å². The minimum Gasteiger partial charge on any atom is -0.495 e. The maximum atomic E-state index is 5.18. The molecule has 0 aliphatic carbocycles. The van der Waals surface area contributed by atoms with Gasteiger partial charge in [-0.3, -0.25) is 0 Å². The van der Waals surface area contributed by atoms with E-state index in [1.165, 1.54) is 11.5 Å². The van der Waals surface area contributed by atoms with Gasteiger partial charge in [0.1, 0.15) is 10.6 Å². The molecule has 0 atom stereocenters. The van der Waals surface area contributed by atoms with Gasteiger partial charge in [-0.15, -0.1) is 11.3 Å². The van der Waals surface area contributed by atoms with Crippen LogP contribution in [-0.2, 0) is 0 Å². The molecule has 2 aromatic heterocycles. The van der Waals surface area contributed by atoms with Crippen molar-refractivity contribution in [2.24, 2.45) is 0 Å². The monoisotopic (exact) mass is 276 g/mol. The van der Waals surface area contributed by atoms with Gasteiger partial charge >= 0.3 is 0 Å². The second kappa shape index (κ2) is 3.73. The van der Waals surface area contributed by atoms with Crippen LogP contribution in [0.1, 0.15) is 0 Å². The zero-order chi connectivity index (χ0) is 9.26. The van der Waals surface area contributed by atoms with E-state index in [2.05, 4.69) is 25.3 Å². The molecule has 0 spiro atoms. The number of rotatable bonds is 2. The van der Waals surface area contributed by atoms with Crippen LogP contribution in [0.15, 0.2) is 16.2 Å². The van der Waals surface area contributed by atoms with Crippen LogP contribution in [-0.4, -0.2) is 16.5 Å². The molecular formula is C7H5BrN2OS2. The lowest BCUT2D eigenvalue weighted by atomic mass is 10.4. The molecule has 0 amide bonds. The molecule has 2 heterocycles. The molecule has 2 rings (SSSR count). The number of nitrogens with zero attached hydrogens (tertiary/aromatic N) is 2. The van der Waals surface area contributed by atoms with Crippen molar-refractivity contribution in [3.8, 4) is 15.6 Å². The third kappa shape index (κ3) is 1.74. The number of halogens is 1. The van der Waals surface area contributed by atoms with Crippen molar-refractivity contribution in [1.29, 1.82) is 0 Å². The Morgan fingerprint density at radius 2 is 2.38 bits per heavy atom. The summed E-state index contributed by atoms with van der Waals surface area (Å²) in [6, 6.07) is 1.93. The summed E-state index contributed by atoms with van der Waals surface area (Å²) in [5.74, 6) is 0.855. The van der Waals surface area contributed by atoms with E-state index in [0.29, 0.717) is 4.73 Å². The van der Waals surface area contributed by atoms with E-state index in [1.807, 2.05) is 11.4 Å². The van der Waals surface area contributed by atoms with Crippen molar-refractivity contribution >= 4 is 38.8 Å². The van der Waals surface area contributed by atoms with Crippen LogP contribution >= 0.6 is 38.8 Å². The Kier molecular flexibility index (Phi) is 2.61. The lowest BCUT2D eigenvalue weighted by Crippen LogP contribution is -1.81. The number of methoxy groups -OCH3 is 1. The summed E-state index contributed by atoms with van der Waals surface area (Å²) in [5.41, 5.74) is 0. The fourth-order valence-electron chi connectivity index (χ4n) is 0.912. The summed E-state index contributed by atoms with van der Waals surface area (Å²) in [5, 5.41) is 2.86.